The summed E-state index contributed by atoms with van der Waals surface area (Å²) in [6, 6.07) is 0.832. The third-order valence-corrected chi connectivity index (χ3v) is 4.15. The third kappa shape index (κ3) is 1.71. The van der Waals surface area contributed by atoms with Gasteiger partial charge in [-0.25, -0.2) is 4.98 Å². The highest BCUT2D eigenvalue weighted by molar-refractivity contribution is 7.09. The van der Waals surface area contributed by atoms with E-state index in [9.17, 15) is 0 Å². The highest BCUT2D eigenvalue weighted by Crippen LogP contribution is 2.33. The van der Waals surface area contributed by atoms with Crippen LogP contribution in [0.3, 0.4) is 0 Å². The molecular formula is C11H16N2S. The van der Waals surface area contributed by atoms with Crippen LogP contribution >= 0.6 is 11.3 Å². The number of aryl methyl sites for hydroxylation is 1. The van der Waals surface area contributed by atoms with Crippen molar-refractivity contribution in [3.05, 3.63) is 16.1 Å². The van der Waals surface area contributed by atoms with Crippen molar-refractivity contribution in [2.24, 2.45) is 0 Å². The maximum absolute atomic E-state index is 4.52. The van der Waals surface area contributed by atoms with Gasteiger partial charge in [-0.1, -0.05) is 0 Å². The Morgan fingerprint density at radius 3 is 3.21 bits per heavy atom. The molecule has 1 unspecified atom stereocenters. The molecule has 0 aliphatic heterocycles. The van der Waals surface area contributed by atoms with Gasteiger partial charge in [0.1, 0.15) is 0 Å². The van der Waals surface area contributed by atoms with Gasteiger partial charge in [0.2, 0.25) is 0 Å². The SMILES string of the molecule is c1nc2c(s1)CCCC2CNC1CC1. The first kappa shape index (κ1) is 8.86. The normalized spacial score (nSPS) is 26.1. The molecule has 0 radical (unpaired) electrons. The largest absolute Gasteiger partial charge is 0.313 e. The summed E-state index contributed by atoms with van der Waals surface area (Å²) in [5.74, 6) is 0.700. The molecule has 14 heavy (non-hydrogen) atoms. The molecule has 3 heteroatoms. The molecule has 1 aromatic rings. The number of fused-ring (bicyclic) bond motifs is 1. The number of thiazole rings is 1. The minimum atomic E-state index is 0.700. The Hall–Kier alpha value is -0.410. The predicted octanol–water partition coefficient (Wildman–Crippen LogP) is 2.32. The fraction of sp³-hybridized carbons (Fsp3) is 0.727. The van der Waals surface area contributed by atoms with Crippen LogP contribution in [0.25, 0.3) is 0 Å². The molecule has 3 rings (SSSR count). The Kier molecular flexibility index (Phi) is 2.30. The van der Waals surface area contributed by atoms with E-state index in [0.717, 1.165) is 12.6 Å². The van der Waals surface area contributed by atoms with Crippen molar-refractivity contribution in [3.8, 4) is 0 Å². The topological polar surface area (TPSA) is 24.9 Å². The smallest absolute Gasteiger partial charge is 0.0797 e. The van der Waals surface area contributed by atoms with Gasteiger partial charge in [-0.3, -0.25) is 0 Å². The zero-order valence-corrected chi connectivity index (χ0v) is 9.15. The molecule has 1 aromatic heterocycles. The van der Waals surface area contributed by atoms with Crippen LogP contribution < -0.4 is 5.32 Å². The third-order valence-electron chi connectivity index (χ3n) is 3.25. The summed E-state index contributed by atoms with van der Waals surface area (Å²) in [6.07, 6.45) is 6.72. The first-order valence-electron chi connectivity index (χ1n) is 5.59. The van der Waals surface area contributed by atoms with Gasteiger partial charge in [0.25, 0.3) is 0 Å². The average molecular weight is 208 g/mol. The summed E-state index contributed by atoms with van der Waals surface area (Å²) in [5.41, 5.74) is 3.41. The molecule has 0 spiro atoms. The molecule has 1 atom stereocenters. The van der Waals surface area contributed by atoms with E-state index >= 15 is 0 Å². The lowest BCUT2D eigenvalue weighted by Gasteiger charge is -2.21. The van der Waals surface area contributed by atoms with E-state index in [4.69, 9.17) is 0 Å². The standard InChI is InChI=1S/C11H16N2S/c1-2-8(6-12-9-4-5-9)11-10(3-1)14-7-13-11/h7-9,12H,1-6H2. The lowest BCUT2D eigenvalue weighted by Crippen LogP contribution is -2.25. The lowest BCUT2D eigenvalue weighted by molar-refractivity contribution is 0.500. The van der Waals surface area contributed by atoms with Crippen molar-refractivity contribution >= 4 is 11.3 Å². The van der Waals surface area contributed by atoms with Crippen molar-refractivity contribution in [1.29, 1.82) is 0 Å². The van der Waals surface area contributed by atoms with Crippen LogP contribution in [0.4, 0.5) is 0 Å². The first-order chi connectivity index (χ1) is 6.93. The van der Waals surface area contributed by atoms with E-state index in [2.05, 4.69) is 10.3 Å². The Labute approximate surface area is 88.7 Å². The summed E-state index contributed by atoms with van der Waals surface area (Å²) < 4.78 is 0. The molecule has 1 saturated carbocycles. The average Bonchev–Trinajstić information content (AvgIpc) is 2.91. The van der Waals surface area contributed by atoms with E-state index < -0.39 is 0 Å². The van der Waals surface area contributed by atoms with Crippen molar-refractivity contribution in [1.82, 2.24) is 10.3 Å². The van der Waals surface area contributed by atoms with Crippen LogP contribution in [0, 0.1) is 0 Å². The molecule has 1 heterocycles. The van der Waals surface area contributed by atoms with Gasteiger partial charge in [-0.05, 0) is 32.1 Å². The first-order valence-corrected chi connectivity index (χ1v) is 6.47. The minimum absolute atomic E-state index is 0.700. The molecule has 1 fully saturated rings. The fourth-order valence-corrected chi connectivity index (χ4v) is 3.14. The summed E-state index contributed by atoms with van der Waals surface area (Å²) in [4.78, 5) is 6.06. The lowest BCUT2D eigenvalue weighted by atomic mass is 9.91. The van der Waals surface area contributed by atoms with Gasteiger partial charge in [0.15, 0.2) is 0 Å². The molecular weight excluding hydrogens is 192 g/mol. The maximum atomic E-state index is 4.52. The van der Waals surface area contributed by atoms with Crippen molar-refractivity contribution < 1.29 is 0 Å². The summed E-state index contributed by atoms with van der Waals surface area (Å²) in [5, 5.41) is 3.62. The number of hydrogen-bond donors (Lipinski definition) is 1. The second-order valence-electron chi connectivity index (χ2n) is 4.43. The summed E-state index contributed by atoms with van der Waals surface area (Å²) >= 11 is 1.84. The Morgan fingerprint density at radius 2 is 2.36 bits per heavy atom. The van der Waals surface area contributed by atoms with E-state index in [1.165, 1.54) is 37.8 Å². The van der Waals surface area contributed by atoms with Gasteiger partial charge in [-0.2, -0.15) is 0 Å². The number of nitrogens with one attached hydrogen (secondary N) is 1. The zero-order valence-electron chi connectivity index (χ0n) is 8.33. The van der Waals surface area contributed by atoms with E-state index in [0.29, 0.717) is 5.92 Å². The van der Waals surface area contributed by atoms with Gasteiger partial charge >= 0.3 is 0 Å². The van der Waals surface area contributed by atoms with Gasteiger partial charge in [0.05, 0.1) is 11.2 Å². The number of rotatable bonds is 3. The monoisotopic (exact) mass is 208 g/mol. The van der Waals surface area contributed by atoms with Crippen LogP contribution in [0.15, 0.2) is 5.51 Å². The van der Waals surface area contributed by atoms with E-state index in [-0.39, 0.29) is 0 Å². The zero-order chi connectivity index (χ0) is 9.38. The number of aromatic nitrogens is 1. The van der Waals surface area contributed by atoms with Crippen LogP contribution in [0.2, 0.25) is 0 Å². The number of hydrogen-bond acceptors (Lipinski definition) is 3. The Bertz CT molecular complexity index is 317. The van der Waals surface area contributed by atoms with Crippen LogP contribution in [0.5, 0.6) is 0 Å². The van der Waals surface area contributed by atoms with Crippen LogP contribution in [-0.4, -0.2) is 17.6 Å². The molecule has 2 nitrogen and oxygen atoms in total. The van der Waals surface area contributed by atoms with Crippen molar-refractivity contribution in [2.45, 2.75) is 44.1 Å². The minimum Gasteiger partial charge on any atom is -0.313 e. The van der Waals surface area contributed by atoms with Crippen LogP contribution in [-0.2, 0) is 6.42 Å². The fourth-order valence-electron chi connectivity index (χ4n) is 2.24. The quantitative estimate of drug-likeness (QED) is 0.824. The highest BCUT2D eigenvalue weighted by Gasteiger charge is 2.26. The summed E-state index contributed by atoms with van der Waals surface area (Å²) in [7, 11) is 0. The number of nitrogens with zero attached hydrogens (tertiary/aromatic N) is 1. The molecule has 0 amide bonds. The molecule has 2 aliphatic rings. The van der Waals surface area contributed by atoms with E-state index in [1.807, 2.05) is 16.8 Å². The van der Waals surface area contributed by atoms with Gasteiger partial charge in [-0.15, -0.1) is 11.3 Å². The molecule has 0 bridgehead atoms. The molecule has 76 valence electrons. The Morgan fingerprint density at radius 1 is 1.43 bits per heavy atom. The highest BCUT2D eigenvalue weighted by atomic mass is 32.1. The Balaban J connectivity index is 1.68. The molecule has 0 aromatic carbocycles. The molecule has 2 aliphatic carbocycles. The van der Waals surface area contributed by atoms with Gasteiger partial charge in [0, 0.05) is 23.4 Å². The predicted molar refractivity (Wildman–Crippen MR) is 58.8 cm³/mol. The van der Waals surface area contributed by atoms with Crippen molar-refractivity contribution in [3.63, 3.8) is 0 Å². The second kappa shape index (κ2) is 3.63. The molecule has 1 N–H and O–H groups in total. The molecule has 0 saturated heterocycles. The van der Waals surface area contributed by atoms with Crippen molar-refractivity contribution in [2.75, 3.05) is 6.54 Å². The summed E-state index contributed by atoms with van der Waals surface area (Å²) in [6.45, 7) is 1.15. The second-order valence-corrected chi connectivity index (χ2v) is 5.37. The van der Waals surface area contributed by atoms with Gasteiger partial charge < -0.3 is 5.32 Å². The van der Waals surface area contributed by atoms with Crippen LogP contribution in [0.1, 0.15) is 42.2 Å². The maximum Gasteiger partial charge on any atom is 0.0797 e. The van der Waals surface area contributed by atoms with E-state index in [1.54, 1.807) is 4.88 Å².